The minimum Gasteiger partial charge on any atom is -0.471 e. The molecule has 6 aromatic rings. The van der Waals surface area contributed by atoms with Crippen molar-refractivity contribution in [3.63, 3.8) is 0 Å². The third-order valence-corrected chi connectivity index (χ3v) is 5.81. The lowest BCUT2D eigenvalue weighted by molar-refractivity contribution is 0.572. The lowest BCUT2D eigenvalue weighted by Crippen LogP contribution is -1.57. The molecule has 6 rings (SSSR count). The standard InChI is InChI=1S/C8H6O.2C8H6S.C3H8.3C2H6/c2*1-2-4-8-6-9-5-7(8)3-1;1-2-4-8-7(3-1)5-6-9-8;1-3-2;3*1-2/h3*1-6H;3H2,1-2H3;3*1-2H3. The second kappa shape index (κ2) is 22.6. The third kappa shape index (κ3) is 12.2. The van der Waals surface area contributed by atoms with Crippen LogP contribution in [-0.4, -0.2) is 0 Å². The number of thiophene rings is 2. The zero-order valence-electron chi connectivity index (χ0n) is 23.3. The maximum absolute atomic E-state index is 4.96. The summed E-state index contributed by atoms with van der Waals surface area (Å²) < 4.78 is 6.34. The summed E-state index contributed by atoms with van der Waals surface area (Å²) in [6.07, 6.45) is 4.74. The molecule has 36 heavy (non-hydrogen) atoms. The van der Waals surface area contributed by atoms with Crippen molar-refractivity contribution in [2.24, 2.45) is 0 Å². The average molecular weight is 521 g/mol. The van der Waals surface area contributed by atoms with Crippen LogP contribution in [0.5, 0.6) is 0 Å². The van der Waals surface area contributed by atoms with Gasteiger partial charge in [0.05, 0.1) is 12.5 Å². The van der Waals surface area contributed by atoms with Gasteiger partial charge < -0.3 is 4.42 Å². The second-order valence-electron chi connectivity index (χ2n) is 6.67. The zero-order valence-corrected chi connectivity index (χ0v) is 25.0. The molecule has 194 valence electrons. The van der Waals surface area contributed by atoms with Crippen LogP contribution in [0.4, 0.5) is 0 Å². The van der Waals surface area contributed by atoms with Gasteiger partial charge in [0, 0.05) is 15.5 Å². The third-order valence-electron chi connectivity index (χ3n) is 4.13. The van der Waals surface area contributed by atoms with Gasteiger partial charge in [-0.2, -0.15) is 11.3 Å². The fourth-order valence-corrected chi connectivity index (χ4v) is 4.30. The molecule has 0 unspecified atom stereocenters. The van der Waals surface area contributed by atoms with Gasteiger partial charge in [0.15, 0.2) is 0 Å². The lowest BCUT2D eigenvalue weighted by Gasteiger charge is -1.82. The number of hydrogen-bond donors (Lipinski definition) is 0. The van der Waals surface area contributed by atoms with Gasteiger partial charge in [-0.05, 0) is 44.4 Å². The van der Waals surface area contributed by atoms with E-state index in [2.05, 4.69) is 84.6 Å². The highest BCUT2D eigenvalue weighted by molar-refractivity contribution is 7.17. The van der Waals surface area contributed by atoms with Gasteiger partial charge in [-0.1, -0.05) is 129 Å². The molecule has 3 aromatic heterocycles. The molecule has 0 saturated heterocycles. The van der Waals surface area contributed by atoms with Gasteiger partial charge in [0.2, 0.25) is 0 Å². The van der Waals surface area contributed by atoms with Crippen LogP contribution in [0, 0.1) is 0 Å². The highest BCUT2D eigenvalue weighted by Crippen LogP contribution is 2.19. The summed E-state index contributed by atoms with van der Waals surface area (Å²) in [6.45, 7) is 16.2. The van der Waals surface area contributed by atoms with Crippen molar-refractivity contribution < 1.29 is 4.42 Å². The topological polar surface area (TPSA) is 13.1 Å². The fraction of sp³-hybridized carbons (Fsp3) is 0.273. The van der Waals surface area contributed by atoms with E-state index < -0.39 is 0 Å². The average Bonchev–Trinajstić information content (AvgIpc) is 3.74. The largest absolute Gasteiger partial charge is 0.471 e. The number of rotatable bonds is 0. The van der Waals surface area contributed by atoms with E-state index in [0.717, 1.165) is 10.8 Å². The van der Waals surface area contributed by atoms with Gasteiger partial charge in [-0.15, -0.1) is 11.3 Å². The van der Waals surface area contributed by atoms with Crippen molar-refractivity contribution in [2.75, 3.05) is 0 Å². The van der Waals surface area contributed by atoms with Gasteiger partial charge in [-0.25, -0.2) is 0 Å². The first-order valence-electron chi connectivity index (χ1n) is 13.1. The normalized spacial score (nSPS) is 8.67. The summed E-state index contributed by atoms with van der Waals surface area (Å²) >= 11 is 3.54. The fourth-order valence-electron chi connectivity index (χ4n) is 2.72. The zero-order chi connectivity index (χ0) is 27.0. The number of furan rings is 1. The van der Waals surface area contributed by atoms with E-state index in [1.54, 1.807) is 35.2 Å². The van der Waals surface area contributed by atoms with Gasteiger partial charge in [0.1, 0.15) is 0 Å². The van der Waals surface area contributed by atoms with Crippen molar-refractivity contribution in [3.05, 3.63) is 108 Å². The van der Waals surface area contributed by atoms with Gasteiger partial charge >= 0.3 is 0 Å². The molecule has 0 aliphatic carbocycles. The molecule has 0 atom stereocenters. The second-order valence-corrected chi connectivity index (χ2v) is 8.36. The summed E-state index contributed by atoms with van der Waals surface area (Å²) in [6, 6.07) is 27.0. The van der Waals surface area contributed by atoms with Crippen LogP contribution in [-0.2, 0) is 0 Å². The first kappa shape index (κ1) is 33.1. The Balaban J connectivity index is 0.000000441. The Morgan fingerprint density at radius 3 is 1.36 bits per heavy atom. The highest BCUT2D eigenvalue weighted by Gasteiger charge is 1.90. The molecule has 0 saturated carbocycles. The Labute approximate surface area is 227 Å². The van der Waals surface area contributed by atoms with Crippen LogP contribution in [0.1, 0.15) is 61.8 Å². The van der Waals surface area contributed by atoms with Crippen molar-refractivity contribution in [1.82, 2.24) is 0 Å². The molecule has 0 radical (unpaired) electrons. The maximum atomic E-state index is 4.96. The van der Waals surface area contributed by atoms with Crippen LogP contribution in [0.25, 0.3) is 31.6 Å². The Morgan fingerprint density at radius 1 is 0.528 bits per heavy atom. The van der Waals surface area contributed by atoms with Gasteiger partial charge in [0.25, 0.3) is 0 Å². The number of fused-ring (bicyclic) bond motifs is 3. The highest BCUT2D eigenvalue weighted by atomic mass is 32.1. The predicted octanol–water partition coefficient (Wildman–Crippen LogP) is 12.7. The molecule has 0 fully saturated rings. The Bertz CT molecular complexity index is 1010. The minimum atomic E-state index is 1.16. The molecule has 0 aliphatic heterocycles. The van der Waals surface area contributed by atoms with E-state index in [1.807, 2.05) is 65.8 Å². The van der Waals surface area contributed by atoms with E-state index in [9.17, 15) is 0 Å². The molecule has 0 N–H and O–H groups in total. The Kier molecular flexibility index (Phi) is 20.8. The Hall–Kier alpha value is -2.88. The van der Waals surface area contributed by atoms with Crippen LogP contribution >= 0.6 is 22.7 Å². The van der Waals surface area contributed by atoms with Crippen molar-refractivity contribution in [3.8, 4) is 0 Å². The first-order valence-corrected chi connectivity index (χ1v) is 14.9. The SMILES string of the molecule is CC.CC.CC.CCC.c1ccc2cocc2c1.c1ccc2cscc2c1.c1ccc2sccc2c1. The molecule has 3 heterocycles. The molecule has 3 aromatic carbocycles. The quantitative estimate of drug-likeness (QED) is 0.194. The molecular weight excluding hydrogens is 476 g/mol. The van der Waals surface area contributed by atoms with Crippen molar-refractivity contribution in [2.45, 2.75) is 61.8 Å². The smallest absolute Gasteiger partial charge is 0.0981 e. The summed E-state index contributed by atoms with van der Waals surface area (Å²) in [5, 5.41) is 12.8. The van der Waals surface area contributed by atoms with Crippen LogP contribution < -0.4 is 0 Å². The van der Waals surface area contributed by atoms with E-state index in [1.165, 1.54) is 27.3 Å². The van der Waals surface area contributed by atoms with Crippen LogP contribution in [0.3, 0.4) is 0 Å². The number of hydrogen-bond acceptors (Lipinski definition) is 3. The summed E-state index contributed by atoms with van der Waals surface area (Å²) in [5.41, 5.74) is 0. The summed E-state index contributed by atoms with van der Waals surface area (Å²) in [5.74, 6) is 0. The van der Waals surface area contributed by atoms with Gasteiger partial charge in [-0.3, -0.25) is 0 Å². The Morgan fingerprint density at radius 2 is 0.917 bits per heavy atom. The maximum Gasteiger partial charge on any atom is 0.0981 e. The van der Waals surface area contributed by atoms with Crippen molar-refractivity contribution in [1.29, 1.82) is 0 Å². The van der Waals surface area contributed by atoms with E-state index in [-0.39, 0.29) is 0 Å². The van der Waals surface area contributed by atoms with Crippen LogP contribution in [0.2, 0.25) is 0 Å². The molecule has 1 nitrogen and oxygen atoms in total. The van der Waals surface area contributed by atoms with Crippen LogP contribution in [0.15, 0.2) is 112 Å². The molecule has 0 aliphatic rings. The van der Waals surface area contributed by atoms with E-state index in [0.29, 0.717) is 0 Å². The van der Waals surface area contributed by atoms with Crippen molar-refractivity contribution >= 4 is 54.3 Å². The molecular formula is C33H44OS2. The predicted molar refractivity (Wildman–Crippen MR) is 170 cm³/mol. The van der Waals surface area contributed by atoms with E-state index in [4.69, 9.17) is 4.42 Å². The molecule has 0 bridgehead atoms. The molecule has 3 heteroatoms. The first-order chi connectivity index (χ1) is 17.8. The summed E-state index contributed by atoms with van der Waals surface area (Å²) in [7, 11) is 0. The summed E-state index contributed by atoms with van der Waals surface area (Å²) in [4.78, 5) is 0. The molecule has 0 amide bonds. The minimum absolute atomic E-state index is 1.16. The van der Waals surface area contributed by atoms with E-state index >= 15 is 0 Å². The monoisotopic (exact) mass is 520 g/mol. The number of benzene rings is 3. The molecule has 0 spiro atoms. The lowest BCUT2D eigenvalue weighted by atomic mass is 10.2.